The zero-order chi connectivity index (χ0) is 13.5. The van der Waals surface area contributed by atoms with E-state index in [4.69, 9.17) is 5.11 Å². The third kappa shape index (κ3) is 4.19. The molecular weight excluding hydrogens is 250 g/mol. The van der Waals surface area contributed by atoms with E-state index < -0.39 is 11.9 Å². The van der Waals surface area contributed by atoms with Crippen LogP contribution in [0.2, 0.25) is 0 Å². The van der Waals surface area contributed by atoms with Gasteiger partial charge in [0.25, 0.3) is 0 Å². The van der Waals surface area contributed by atoms with Crippen molar-refractivity contribution < 1.29 is 14.7 Å². The molecular formula is C13H23NO3S. The molecule has 0 saturated carbocycles. The molecule has 5 heteroatoms. The highest BCUT2D eigenvalue weighted by molar-refractivity contribution is 7.98. The second-order valence-electron chi connectivity index (χ2n) is 4.86. The van der Waals surface area contributed by atoms with Crippen LogP contribution in [-0.4, -0.2) is 46.5 Å². The molecule has 1 saturated heterocycles. The van der Waals surface area contributed by atoms with Crippen molar-refractivity contribution in [3.8, 4) is 0 Å². The topological polar surface area (TPSA) is 57.6 Å². The molecule has 0 aliphatic carbocycles. The van der Waals surface area contributed by atoms with E-state index in [0.717, 1.165) is 25.0 Å². The predicted molar refractivity (Wildman–Crippen MR) is 73.8 cm³/mol. The van der Waals surface area contributed by atoms with Gasteiger partial charge in [-0.25, -0.2) is 0 Å². The number of hydrogen-bond acceptors (Lipinski definition) is 3. The van der Waals surface area contributed by atoms with Gasteiger partial charge in [0.15, 0.2) is 0 Å². The van der Waals surface area contributed by atoms with E-state index in [1.807, 2.05) is 6.92 Å². The van der Waals surface area contributed by atoms with Gasteiger partial charge < -0.3 is 10.0 Å². The normalized spacial score (nSPS) is 24.0. The number of nitrogens with zero attached hydrogens (tertiary/aromatic N) is 1. The van der Waals surface area contributed by atoms with Gasteiger partial charge in [0.05, 0.1) is 5.92 Å². The maximum Gasteiger partial charge on any atom is 0.308 e. The van der Waals surface area contributed by atoms with E-state index in [2.05, 4.69) is 6.26 Å². The number of thioether (sulfide) groups is 1. The first kappa shape index (κ1) is 15.3. The van der Waals surface area contributed by atoms with Gasteiger partial charge in [-0.05, 0) is 44.6 Å². The molecule has 0 aromatic carbocycles. The number of carboxylic acid groups (broad SMARTS) is 1. The Morgan fingerprint density at radius 2 is 2.11 bits per heavy atom. The second-order valence-corrected chi connectivity index (χ2v) is 5.85. The Bertz CT molecular complexity index is 296. The SMILES string of the molecule is CSCCCCC(=O)N1CCC[C@H](C(=O)O)[C@@H]1C. The van der Waals surface area contributed by atoms with Crippen LogP contribution in [0, 0.1) is 5.92 Å². The van der Waals surface area contributed by atoms with Crippen molar-refractivity contribution in [3.63, 3.8) is 0 Å². The summed E-state index contributed by atoms with van der Waals surface area (Å²) in [5, 5.41) is 9.11. The fourth-order valence-electron chi connectivity index (χ4n) is 2.49. The molecule has 1 amide bonds. The first-order chi connectivity index (χ1) is 8.57. The van der Waals surface area contributed by atoms with Crippen LogP contribution in [0.1, 0.15) is 39.0 Å². The van der Waals surface area contributed by atoms with E-state index in [9.17, 15) is 9.59 Å². The van der Waals surface area contributed by atoms with Crippen molar-refractivity contribution in [1.82, 2.24) is 4.90 Å². The molecule has 0 aromatic heterocycles. The van der Waals surface area contributed by atoms with Crippen LogP contribution < -0.4 is 0 Å². The Morgan fingerprint density at radius 1 is 1.39 bits per heavy atom. The number of carboxylic acids is 1. The molecule has 1 heterocycles. The van der Waals surface area contributed by atoms with Gasteiger partial charge in [-0.15, -0.1) is 0 Å². The van der Waals surface area contributed by atoms with E-state index >= 15 is 0 Å². The van der Waals surface area contributed by atoms with Crippen LogP contribution in [0.25, 0.3) is 0 Å². The fraction of sp³-hybridized carbons (Fsp3) is 0.846. The summed E-state index contributed by atoms with van der Waals surface area (Å²) >= 11 is 1.79. The van der Waals surface area contributed by atoms with Crippen molar-refractivity contribution in [2.75, 3.05) is 18.6 Å². The number of aliphatic carboxylic acids is 1. The van der Waals surface area contributed by atoms with Crippen LogP contribution in [0.3, 0.4) is 0 Å². The van der Waals surface area contributed by atoms with E-state index in [1.54, 1.807) is 16.7 Å². The maximum atomic E-state index is 12.1. The molecule has 0 unspecified atom stereocenters. The van der Waals surface area contributed by atoms with Crippen LogP contribution in [0.5, 0.6) is 0 Å². The Labute approximate surface area is 113 Å². The molecule has 0 aromatic rings. The van der Waals surface area contributed by atoms with Gasteiger partial charge in [0.1, 0.15) is 0 Å². The lowest BCUT2D eigenvalue weighted by Crippen LogP contribution is -2.49. The minimum Gasteiger partial charge on any atom is -0.481 e. The van der Waals surface area contributed by atoms with Crippen molar-refractivity contribution in [1.29, 1.82) is 0 Å². The summed E-state index contributed by atoms with van der Waals surface area (Å²) in [6, 6.07) is -0.163. The summed E-state index contributed by atoms with van der Waals surface area (Å²) in [7, 11) is 0. The highest BCUT2D eigenvalue weighted by Crippen LogP contribution is 2.24. The summed E-state index contributed by atoms with van der Waals surface area (Å²) in [6.45, 7) is 2.57. The molecule has 1 N–H and O–H groups in total. The number of unbranched alkanes of at least 4 members (excludes halogenated alkanes) is 1. The number of carbonyl (C=O) groups is 2. The van der Waals surface area contributed by atoms with Crippen molar-refractivity contribution in [2.45, 2.75) is 45.1 Å². The zero-order valence-corrected chi connectivity index (χ0v) is 12.0. The molecule has 0 spiro atoms. The summed E-state index contributed by atoms with van der Waals surface area (Å²) in [5.41, 5.74) is 0. The lowest BCUT2D eigenvalue weighted by atomic mass is 9.90. The number of hydrogen-bond donors (Lipinski definition) is 1. The molecule has 104 valence electrons. The van der Waals surface area contributed by atoms with Gasteiger partial charge in [-0.2, -0.15) is 11.8 Å². The van der Waals surface area contributed by atoms with Gasteiger partial charge in [-0.3, -0.25) is 9.59 Å². The van der Waals surface area contributed by atoms with Crippen LogP contribution in [0.15, 0.2) is 0 Å². The van der Waals surface area contributed by atoms with Crippen LogP contribution >= 0.6 is 11.8 Å². The quantitative estimate of drug-likeness (QED) is 0.754. The first-order valence-corrected chi connectivity index (χ1v) is 7.98. The molecule has 1 aliphatic rings. The number of rotatable bonds is 6. The largest absolute Gasteiger partial charge is 0.481 e. The summed E-state index contributed by atoms with van der Waals surface area (Å²) < 4.78 is 0. The number of likely N-dealkylation sites (tertiary alicyclic amines) is 1. The van der Waals surface area contributed by atoms with Crippen molar-refractivity contribution in [2.24, 2.45) is 5.92 Å². The lowest BCUT2D eigenvalue weighted by molar-refractivity contribution is -0.149. The molecule has 18 heavy (non-hydrogen) atoms. The minimum absolute atomic E-state index is 0.120. The predicted octanol–water partition coefficient (Wildman–Crippen LogP) is 2.23. The number of carbonyl (C=O) groups excluding carboxylic acids is 1. The zero-order valence-electron chi connectivity index (χ0n) is 11.2. The highest BCUT2D eigenvalue weighted by Gasteiger charge is 2.34. The Balaban J connectivity index is 2.43. The van der Waals surface area contributed by atoms with Gasteiger partial charge in [0, 0.05) is 19.0 Å². The Hall–Kier alpha value is -0.710. The number of amides is 1. The highest BCUT2D eigenvalue weighted by atomic mass is 32.2. The molecule has 4 nitrogen and oxygen atoms in total. The third-order valence-electron chi connectivity index (χ3n) is 3.61. The van der Waals surface area contributed by atoms with Crippen LogP contribution in [-0.2, 0) is 9.59 Å². The van der Waals surface area contributed by atoms with Crippen molar-refractivity contribution >= 4 is 23.6 Å². The summed E-state index contributed by atoms with van der Waals surface area (Å²) in [4.78, 5) is 24.9. The monoisotopic (exact) mass is 273 g/mol. The molecule has 0 bridgehead atoms. The molecule has 2 atom stereocenters. The van der Waals surface area contributed by atoms with E-state index in [-0.39, 0.29) is 11.9 Å². The average Bonchev–Trinajstić information content (AvgIpc) is 2.34. The molecule has 1 fully saturated rings. The third-order valence-corrected chi connectivity index (χ3v) is 4.31. The fourth-order valence-corrected chi connectivity index (χ4v) is 2.98. The van der Waals surface area contributed by atoms with Gasteiger partial charge >= 0.3 is 5.97 Å². The maximum absolute atomic E-state index is 12.1. The number of piperidine rings is 1. The summed E-state index contributed by atoms with van der Waals surface area (Å²) in [5.74, 6) is 0.0338. The van der Waals surface area contributed by atoms with Gasteiger partial charge in [-0.1, -0.05) is 0 Å². The smallest absolute Gasteiger partial charge is 0.308 e. The minimum atomic E-state index is -0.776. The molecule has 0 radical (unpaired) electrons. The molecule has 1 rings (SSSR count). The second kappa shape index (κ2) is 7.67. The summed E-state index contributed by atoms with van der Waals surface area (Å²) in [6.07, 6.45) is 6.06. The Kier molecular flexibility index (Phi) is 6.54. The lowest BCUT2D eigenvalue weighted by Gasteiger charge is -2.37. The molecule has 1 aliphatic heterocycles. The van der Waals surface area contributed by atoms with Gasteiger partial charge in [0.2, 0.25) is 5.91 Å². The van der Waals surface area contributed by atoms with Crippen molar-refractivity contribution in [3.05, 3.63) is 0 Å². The Morgan fingerprint density at radius 3 is 2.72 bits per heavy atom. The first-order valence-electron chi connectivity index (χ1n) is 6.59. The van der Waals surface area contributed by atoms with E-state index in [0.29, 0.717) is 19.4 Å². The average molecular weight is 273 g/mol. The van der Waals surface area contributed by atoms with Crippen LogP contribution in [0.4, 0.5) is 0 Å². The standard InChI is InChI=1S/C13H23NO3S/c1-10-11(13(16)17)6-5-8-14(10)12(15)7-3-4-9-18-2/h10-11H,3-9H2,1-2H3,(H,16,17)/t10-,11-/m0/s1. The van der Waals surface area contributed by atoms with E-state index in [1.165, 1.54) is 0 Å².